The number of amides is 3. The van der Waals surface area contributed by atoms with E-state index in [1.54, 1.807) is 46.8 Å². The molecular weight excluding hydrogens is 522 g/mol. The van der Waals surface area contributed by atoms with Crippen molar-refractivity contribution in [2.75, 3.05) is 25.4 Å². The van der Waals surface area contributed by atoms with E-state index >= 15 is 0 Å². The Hall–Kier alpha value is -2.95. The van der Waals surface area contributed by atoms with Gasteiger partial charge in [0.1, 0.15) is 23.4 Å². The maximum atomic E-state index is 13.9. The molecule has 2 atom stereocenters. The maximum absolute atomic E-state index is 13.9. The van der Waals surface area contributed by atoms with Crippen molar-refractivity contribution in [1.29, 1.82) is 0 Å². The molecule has 0 aliphatic heterocycles. The summed E-state index contributed by atoms with van der Waals surface area (Å²) in [4.78, 5) is 53.2. The smallest absolute Gasteiger partial charge is 0.408 e. The first-order chi connectivity index (χ1) is 18.3. The largest absolute Gasteiger partial charge is 0.508 e. The quantitative estimate of drug-likeness (QED) is 0.143. The fourth-order valence-electron chi connectivity index (χ4n) is 3.85. The van der Waals surface area contributed by atoms with Crippen LogP contribution in [0.25, 0.3) is 0 Å². The van der Waals surface area contributed by atoms with E-state index in [-0.39, 0.29) is 37.6 Å². The number of nitrogens with one attached hydrogen (secondary N) is 2. The number of benzene rings is 1. The number of unbranched alkanes of at least 4 members (excludes halogenated alkanes) is 3. The van der Waals surface area contributed by atoms with E-state index in [1.807, 2.05) is 0 Å². The highest BCUT2D eigenvalue weighted by molar-refractivity contribution is 7.80. The Balaban J connectivity index is 3.38. The van der Waals surface area contributed by atoms with Crippen LogP contribution < -0.4 is 10.6 Å². The predicted octanol–water partition coefficient (Wildman–Crippen LogP) is 4.04. The van der Waals surface area contributed by atoms with Crippen LogP contribution in [0.2, 0.25) is 0 Å². The van der Waals surface area contributed by atoms with Gasteiger partial charge in [0.2, 0.25) is 11.8 Å². The van der Waals surface area contributed by atoms with Gasteiger partial charge in [-0.05, 0) is 64.3 Å². The first-order valence-electron chi connectivity index (χ1n) is 13.5. The molecule has 0 bridgehead atoms. The third-order valence-corrected chi connectivity index (χ3v) is 6.10. The average Bonchev–Trinajstić information content (AvgIpc) is 2.85. The zero-order valence-electron chi connectivity index (χ0n) is 24.0. The number of hydrogen-bond donors (Lipinski definition) is 4. The molecule has 39 heavy (non-hydrogen) atoms. The number of carbonyl (C=O) groups excluding carboxylic acids is 4. The first kappa shape index (κ1) is 34.1. The lowest BCUT2D eigenvalue weighted by molar-refractivity contribution is -0.144. The number of nitrogens with zero attached hydrogens (tertiary/aromatic N) is 1. The van der Waals surface area contributed by atoms with Crippen LogP contribution in [0, 0.1) is 6.92 Å². The van der Waals surface area contributed by atoms with Crippen molar-refractivity contribution in [2.45, 2.75) is 91.3 Å². The Morgan fingerprint density at radius 2 is 1.79 bits per heavy atom. The number of esters is 1. The number of alkyl carbamates (subject to hydrolysis) is 1. The van der Waals surface area contributed by atoms with E-state index in [0.717, 1.165) is 19.3 Å². The molecule has 0 aromatic heterocycles. The molecule has 0 heterocycles. The molecule has 0 fully saturated rings. The summed E-state index contributed by atoms with van der Waals surface area (Å²) in [6.07, 6.45) is 2.64. The van der Waals surface area contributed by atoms with E-state index in [0.29, 0.717) is 17.5 Å². The molecule has 3 N–H and O–H groups in total. The minimum atomic E-state index is -1.08. The number of thiol groups is 1. The van der Waals surface area contributed by atoms with Gasteiger partial charge in [-0.25, -0.2) is 4.79 Å². The van der Waals surface area contributed by atoms with Gasteiger partial charge in [0.25, 0.3) is 0 Å². The lowest BCUT2D eigenvalue weighted by atomic mass is 9.99. The number of hydrogen-bond acceptors (Lipinski definition) is 8. The average molecular weight is 568 g/mol. The van der Waals surface area contributed by atoms with Gasteiger partial charge in [0, 0.05) is 18.8 Å². The Labute approximate surface area is 237 Å². The molecule has 0 radical (unpaired) electrons. The van der Waals surface area contributed by atoms with E-state index < -0.39 is 41.6 Å². The fourth-order valence-corrected chi connectivity index (χ4v) is 4.10. The van der Waals surface area contributed by atoms with Gasteiger partial charge in [-0.15, -0.1) is 0 Å². The topological polar surface area (TPSA) is 134 Å². The molecule has 0 saturated heterocycles. The Bertz CT molecular complexity index is 965. The Kier molecular flexibility index (Phi) is 14.8. The number of aryl methyl sites for hydroxylation is 1. The molecule has 0 aliphatic carbocycles. The summed E-state index contributed by atoms with van der Waals surface area (Å²) in [5.74, 6) is -1.40. The highest BCUT2D eigenvalue weighted by atomic mass is 32.1. The number of rotatable bonds is 15. The highest BCUT2D eigenvalue weighted by Crippen LogP contribution is 2.28. The summed E-state index contributed by atoms with van der Waals surface area (Å²) in [6, 6.07) is 2.57. The lowest BCUT2D eigenvalue weighted by Gasteiger charge is -2.34. The molecule has 0 saturated carbocycles. The molecule has 11 heteroatoms. The van der Waals surface area contributed by atoms with Crippen LogP contribution in [0.5, 0.6) is 5.75 Å². The molecule has 220 valence electrons. The second-order valence-corrected chi connectivity index (χ2v) is 10.6. The van der Waals surface area contributed by atoms with Crippen molar-refractivity contribution in [3.63, 3.8) is 0 Å². The van der Waals surface area contributed by atoms with Crippen LogP contribution in [0.3, 0.4) is 0 Å². The van der Waals surface area contributed by atoms with Crippen LogP contribution in [-0.2, 0) is 23.9 Å². The van der Waals surface area contributed by atoms with Crippen LogP contribution in [0.15, 0.2) is 18.2 Å². The number of phenols is 1. The first-order valence-corrected chi connectivity index (χ1v) is 14.1. The summed E-state index contributed by atoms with van der Waals surface area (Å²) in [5, 5.41) is 15.4. The van der Waals surface area contributed by atoms with Crippen LogP contribution in [0.1, 0.15) is 83.9 Å². The molecule has 1 rings (SSSR count). The summed E-state index contributed by atoms with van der Waals surface area (Å²) in [6.45, 7) is 11.1. The van der Waals surface area contributed by atoms with Gasteiger partial charge in [-0.2, -0.15) is 12.6 Å². The van der Waals surface area contributed by atoms with Gasteiger partial charge in [-0.3, -0.25) is 14.4 Å². The third-order valence-electron chi connectivity index (χ3n) is 5.74. The molecule has 2 unspecified atom stereocenters. The van der Waals surface area contributed by atoms with E-state index in [2.05, 4.69) is 30.2 Å². The van der Waals surface area contributed by atoms with Crippen molar-refractivity contribution in [1.82, 2.24) is 15.5 Å². The monoisotopic (exact) mass is 567 g/mol. The van der Waals surface area contributed by atoms with Crippen LogP contribution in [-0.4, -0.2) is 71.0 Å². The van der Waals surface area contributed by atoms with Gasteiger partial charge in [0.05, 0.1) is 13.0 Å². The maximum Gasteiger partial charge on any atom is 0.408 e. The summed E-state index contributed by atoms with van der Waals surface area (Å²) < 4.78 is 10.3. The highest BCUT2D eigenvalue weighted by Gasteiger charge is 2.35. The molecule has 3 amide bonds. The minimum Gasteiger partial charge on any atom is -0.508 e. The van der Waals surface area contributed by atoms with E-state index in [9.17, 15) is 24.3 Å². The molecular formula is C28H45N3O7S. The summed E-state index contributed by atoms with van der Waals surface area (Å²) in [7, 11) is 0. The fraction of sp³-hybridized carbons (Fsp3) is 0.643. The zero-order valence-corrected chi connectivity index (χ0v) is 24.9. The van der Waals surface area contributed by atoms with Gasteiger partial charge < -0.3 is 30.1 Å². The van der Waals surface area contributed by atoms with Crippen molar-refractivity contribution in [3.05, 3.63) is 29.3 Å². The number of ether oxygens (including phenoxy) is 2. The second-order valence-electron chi connectivity index (χ2n) is 10.3. The molecule has 10 nitrogen and oxygen atoms in total. The predicted molar refractivity (Wildman–Crippen MR) is 153 cm³/mol. The van der Waals surface area contributed by atoms with E-state index in [1.165, 1.54) is 11.0 Å². The van der Waals surface area contributed by atoms with Crippen molar-refractivity contribution >= 4 is 36.5 Å². The molecule has 1 aromatic carbocycles. The van der Waals surface area contributed by atoms with Gasteiger partial charge >= 0.3 is 12.1 Å². The van der Waals surface area contributed by atoms with Crippen molar-refractivity contribution in [2.24, 2.45) is 0 Å². The zero-order chi connectivity index (χ0) is 29.6. The Morgan fingerprint density at radius 1 is 1.10 bits per heavy atom. The summed E-state index contributed by atoms with van der Waals surface area (Å²) >= 11 is 4.29. The van der Waals surface area contributed by atoms with Gasteiger partial charge in [-0.1, -0.05) is 32.3 Å². The third kappa shape index (κ3) is 12.2. The number of carbonyl (C=O) groups is 4. The number of phenolic OH excluding ortho intramolecular Hbond substituents is 1. The molecule has 0 spiro atoms. The standard InChI is InChI=1S/C28H45N3O7S/c1-7-9-10-11-16-31(26(35)21(18-39)30-27(36)38-28(4,5)6)24(20-12-13-22(32)19(3)17-20)25(34)29-15-14-23(33)37-8-2/h12-13,17,21,24,32,39H,7-11,14-16,18H2,1-6H3,(H,29,34)(H,30,36). The van der Waals surface area contributed by atoms with Crippen LogP contribution >= 0.6 is 12.6 Å². The van der Waals surface area contributed by atoms with E-state index in [4.69, 9.17) is 9.47 Å². The molecule has 1 aromatic rings. The minimum absolute atomic E-state index is 0.0185. The van der Waals surface area contributed by atoms with Gasteiger partial charge in [0.15, 0.2) is 0 Å². The molecule has 0 aliphatic rings. The normalized spacial score (nSPS) is 12.7. The second kappa shape index (κ2) is 16.9. The van der Waals surface area contributed by atoms with Crippen LogP contribution in [0.4, 0.5) is 4.79 Å². The van der Waals surface area contributed by atoms with Crippen molar-refractivity contribution < 1.29 is 33.8 Å². The number of aromatic hydroxyl groups is 1. The van der Waals surface area contributed by atoms with Crippen molar-refractivity contribution in [3.8, 4) is 5.75 Å². The SMILES string of the molecule is CCCCCCN(C(=O)C(CS)NC(=O)OC(C)(C)C)C(C(=O)NCCC(=O)OCC)c1ccc(O)c(C)c1. The Morgan fingerprint density at radius 3 is 2.36 bits per heavy atom. The summed E-state index contributed by atoms with van der Waals surface area (Å²) in [5.41, 5.74) is 0.254. The lowest BCUT2D eigenvalue weighted by Crippen LogP contribution is -2.54.